The molecule has 0 unspecified atom stereocenters. The second kappa shape index (κ2) is 4.96. The molecule has 0 saturated carbocycles. The topological polar surface area (TPSA) is 54.3 Å². The predicted molar refractivity (Wildman–Crippen MR) is 71.6 cm³/mol. The molecule has 0 aliphatic heterocycles. The molecule has 5 heteroatoms. The Morgan fingerprint density at radius 1 is 1.50 bits per heavy atom. The highest BCUT2D eigenvalue weighted by Crippen LogP contribution is 2.24. The van der Waals surface area contributed by atoms with Crippen molar-refractivity contribution in [1.82, 2.24) is 9.88 Å². The molecular formula is C13H16N2O2S. The number of nitrogens with zero attached hydrogens (tertiary/aromatic N) is 1. The van der Waals surface area contributed by atoms with E-state index in [1.54, 1.807) is 17.6 Å². The largest absolute Gasteiger partial charge is 0.383 e. The Morgan fingerprint density at radius 3 is 2.83 bits per heavy atom. The minimum absolute atomic E-state index is 0.181. The minimum Gasteiger partial charge on any atom is -0.383 e. The van der Waals surface area contributed by atoms with Gasteiger partial charge < -0.3 is 15.0 Å². The molecule has 4 nitrogen and oxygen atoms in total. The fraction of sp³-hybridized carbons (Fsp3) is 0.308. The lowest BCUT2D eigenvalue weighted by atomic mass is 10.1. The lowest BCUT2D eigenvalue weighted by Crippen LogP contribution is -2.38. The van der Waals surface area contributed by atoms with Gasteiger partial charge in [-0.3, -0.25) is 4.79 Å². The number of aromatic nitrogens is 1. The SMILES string of the molecule is Cn1cccc1C(=O)NC[C@@](C)(O)c1cccs1. The molecular weight excluding hydrogens is 248 g/mol. The zero-order chi connectivity index (χ0) is 13.2. The highest BCUT2D eigenvalue weighted by atomic mass is 32.1. The van der Waals surface area contributed by atoms with Gasteiger partial charge in [0.15, 0.2) is 0 Å². The standard InChI is InChI=1S/C13H16N2O2S/c1-13(17,11-6-4-8-18-11)9-14-12(16)10-5-3-7-15(10)2/h3-8,17H,9H2,1-2H3,(H,14,16)/t13-/m1/s1. The number of aryl methyl sites for hydroxylation is 1. The summed E-state index contributed by atoms with van der Waals surface area (Å²) in [6.07, 6.45) is 1.81. The molecule has 0 fully saturated rings. The molecule has 0 saturated heterocycles. The van der Waals surface area contributed by atoms with Gasteiger partial charge in [-0.1, -0.05) is 6.07 Å². The van der Waals surface area contributed by atoms with Gasteiger partial charge in [-0.15, -0.1) is 11.3 Å². The van der Waals surface area contributed by atoms with E-state index in [0.29, 0.717) is 5.69 Å². The fourth-order valence-corrected chi connectivity index (χ4v) is 2.50. The highest BCUT2D eigenvalue weighted by Gasteiger charge is 2.25. The van der Waals surface area contributed by atoms with E-state index in [4.69, 9.17) is 0 Å². The van der Waals surface area contributed by atoms with Crippen LogP contribution in [0.4, 0.5) is 0 Å². The fourth-order valence-electron chi connectivity index (χ4n) is 1.71. The van der Waals surface area contributed by atoms with Crippen LogP contribution >= 0.6 is 11.3 Å². The molecule has 18 heavy (non-hydrogen) atoms. The second-order valence-electron chi connectivity index (χ2n) is 4.44. The Balaban J connectivity index is 2.00. The van der Waals surface area contributed by atoms with E-state index in [1.165, 1.54) is 11.3 Å². The smallest absolute Gasteiger partial charge is 0.268 e. The zero-order valence-electron chi connectivity index (χ0n) is 10.4. The average Bonchev–Trinajstić information content (AvgIpc) is 2.96. The van der Waals surface area contributed by atoms with Crippen molar-refractivity contribution in [2.45, 2.75) is 12.5 Å². The van der Waals surface area contributed by atoms with E-state index in [1.807, 2.05) is 36.8 Å². The van der Waals surface area contributed by atoms with Crippen molar-refractivity contribution in [2.24, 2.45) is 7.05 Å². The third-order valence-electron chi connectivity index (χ3n) is 2.82. The maximum absolute atomic E-state index is 11.9. The van der Waals surface area contributed by atoms with E-state index >= 15 is 0 Å². The Hall–Kier alpha value is -1.59. The van der Waals surface area contributed by atoms with Gasteiger partial charge in [0.2, 0.25) is 0 Å². The predicted octanol–water partition coefficient (Wildman–Crippen LogP) is 1.72. The van der Waals surface area contributed by atoms with Crippen molar-refractivity contribution < 1.29 is 9.90 Å². The summed E-state index contributed by atoms with van der Waals surface area (Å²) in [7, 11) is 1.81. The van der Waals surface area contributed by atoms with Crippen LogP contribution in [0.5, 0.6) is 0 Å². The summed E-state index contributed by atoms with van der Waals surface area (Å²) in [6, 6.07) is 7.30. The van der Waals surface area contributed by atoms with Gasteiger partial charge in [0.05, 0.1) is 6.54 Å². The Kier molecular flexibility index (Phi) is 3.54. The molecule has 2 aromatic heterocycles. The number of thiophene rings is 1. The molecule has 2 aromatic rings. The van der Waals surface area contributed by atoms with Gasteiger partial charge in [-0.05, 0) is 30.5 Å². The van der Waals surface area contributed by atoms with Crippen LogP contribution in [-0.2, 0) is 12.6 Å². The van der Waals surface area contributed by atoms with Crippen molar-refractivity contribution >= 4 is 17.2 Å². The number of hydrogen-bond donors (Lipinski definition) is 2. The van der Waals surface area contributed by atoms with Crippen LogP contribution in [0.3, 0.4) is 0 Å². The Labute approximate surface area is 110 Å². The molecule has 0 aliphatic rings. The number of aliphatic hydroxyl groups is 1. The lowest BCUT2D eigenvalue weighted by molar-refractivity contribution is 0.0554. The van der Waals surface area contributed by atoms with E-state index in [0.717, 1.165) is 4.88 Å². The normalized spacial score (nSPS) is 14.2. The van der Waals surface area contributed by atoms with Gasteiger partial charge in [-0.2, -0.15) is 0 Å². The molecule has 1 atom stereocenters. The van der Waals surface area contributed by atoms with E-state index in [9.17, 15) is 9.90 Å². The van der Waals surface area contributed by atoms with Crippen molar-refractivity contribution in [1.29, 1.82) is 0 Å². The molecule has 2 N–H and O–H groups in total. The van der Waals surface area contributed by atoms with Crippen LogP contribution < -0.4 is 5.32 Å². The summed E-state index contributed by atoms with van der Waals surface area (Å²) >= 11 is 1.48. The lowest BCUT2D eigenvalue weighted by Gasteiger charge is -2.22. The maximum atomic E-state index is 11.9. The Morgan fingerprint density at radius 2 is 2.28 bits per heavy atom. The van der Waals surface area contributed by atoms with Gasteiger partial charge in [0.25, 0.3) is 5.91 Å². The quantitative estimate of drug-likeness (QED) is 0.883. The first-order chi connectivity index (χ1) is 8.50. The number of carbonyl (C=O) groups excluding carboxylic acids is 1. The van der Waals surface area contributed by atoms with Gasteiger partial charge in [-0.25, -0.2) is 0 Å². The number of rotatable bonds is 4. The first-order valence-corrected chi connectivity index (χ1v) is 6.54. The maximum Gasteiger partial charge on any atom is 0.268 e. The van der Waals surface area contributed by atoms with E-state index < -0.39 is 5.60 Å². The van der Waals surface area contributed by atoms with Crippen LogP contribution in [0.1, 0.15) is 22.3 Å². The second-order valence-corrected chi connectivity index (χ2v) is 5.39. The van der Waals surface area contributed by atoms with Gasteiger partial charge >= 0.3 is 0 Å². The molecule has 0 bridgehead atoms. The van der Waals surface area contributed by atoms with Crippen LogP contribution in [0, 0.1) is 0 Å². The van der Waals surface area contributed by atoms with Crippen LogP contribution in [-0.4, -0.2) is 22.1 Å². The number of carbonyl (C=O) groups is 1. The molecule has 0 spiro atoms. The third kappa shape index (κ3) is 2.63. The summed E-state index contributed by atoms with van der Waals surface area (Å²) in [5, 5.41) is 14.9. The molecule has 1 amide bonds. The summed E-state index contributed by atoms with van der Waals surface area (Å²) in [6.45, 7) is 1.89. The van der Waals surface area contributed by atoms with Crippen molar-refractivity contribution in [3.8, 4) is 0 Å². The van der Waals surface area contributed by atoms with Gasteiger partial charge in [0.1, 0.15) is 11.3 Å². The number of hydrogen-bond acceptors (Lipinski definition) is 3. The highest BCUT2D eigenvalue weighted by molar-refractivity contribution is 7.10. The molecule has 0 aromatic carbocycles. The average molecular weight is 264 g/mol. The monoisotopic (exact) mass is 264 g/mol. The molecule has 96 valence electrons. The Bertz CT molecular complexity index is 529. The van der Waals surface area contributed by atoms with Gasteiger partial charge in [0, 0.05) is 18.1 Å². The van der Waals surface area contributed by atoms with E-state index in [2.05, 4.69) is 5.32 Å². The summed E-state index contributed by atoms with van der Waals surface area (Å²) < 4.78 is 1.75. The molecule has 2 heterocycles. The van der Waals surface area contributed by atoms with E-state index in [-0.39, 0.29) is 12.5 Å². The summed E-state index contributed by atoms with van der Waals surface area (Å²) in [4.78, 5) is 12.7. The third-order valence-corrected chi connectivity index (χ3v) is 3.94. The summed E-state index contributed by atoms with van der Waals surface area (Å²) in [5.74, 6) is -0.181. The zero-order valence-corrected chi connectivity index (χ0v) is 11.2. The number of nitrogens with one attached hydrogen (secondary N) is 1. The molecule has 0 aliphatic carbocycles. The summed E-state index contributed by atoms with van der Waals surface area (Å²) in [5.41, 5.74) is -0.452. The van der Waals surface area contributed by atoms with Crippen molar-refractivity contribution in [3.05, 3.63) is 46.4 Å². The van der Waals surface area contributed by atoms with Crippen molar-refractivity contribution in [2.75, 3.05) is 6.54 Å². The van der Waals surface area contributed by atoms with Crippen LogP contribution in [0.2, 0.25) is 0 Å². The first-order valence-electron chi connectivity index (χ1n) is 5.66. The van der Waals surface area contributed by atoms with Crippen molar-refractivity contribution in [3.63, 3.8) is 0 Å². The molecule has 2 rings (SSSR count). The van der Waals surface area contributed by atoms with Crippen LogP contribution in [0.15, 0.2) is 35.8 Å². The molecule has 0 radical (unpaired) electrons. The number of amides is 1. The minimum atomic E-state index is -1.03. The van der Waals surface area contributed by atoms with Crippen LogP contribution in [0.25, 0.3) is 0 Å². The first kappa shape index (κ1) is 12.9.